The highest BCUT2D eigenvalue weighted by Crippen LogP contribution is 2.51. The molecule has 9 heteroatoms. The van der Waals surface area contributed by atoms with Gasteiger partial charge in [0.25, 0.3) is 11.8 Å². The smallest absolute Gasteiger partial charge is 0.309 e. The van der Waals surface area contributed by atoms with Gasteiger partial charge in [-0.3, -0.25) is 14.4 Å². The monoisotopic (exact) mass is 513 g/mol. The van der Waals surface area contributed by atoms with Crippen molar-refractivity contribution in [3.05, 3.63) is 58.7 Å². The minimum atomic E-state index is -3.14. The van der Waals surface area contributed by atoms with Gasteiger partial charge in [-0.2, -0.15) is 8.78 Å². The van der Waals surface area contributed by atoms with Gasteiger partial charge in [0.05, 0.1) is 32.8 Å². The van der Waals surface area contributed by atoms with Crippen molar-refractivity contribution < 1.29 is 37.4 Å². The lowest BCUT2D eigenvalue weighted by molar-refractivity contribution is -0.161. The Hall–Kier alpha value is -3.17. The van der Waals surface area contributed by atoms with Gasteiger partial charge in [0.15, 0.2) is 11.6 Å². The summed E-state index contributed by atoms with van der Waals surface area (Å²) < 4.78 is 46.3. The number of benzene rings is 2. The highest BCUT2D eigenvalue weighted by Gasteiger charge is 2.54. The summed E-state index contributed by atoms with van der Waals surface area (Å²) in [6.07, 6.45) is 0.695. The number of methoxy groups -OCH3 is 1. The number of ether oxygens (including phenoxy) is 3. The molecule has 196 valence electrons. The average molecular weight is 514 g/mol. The summed E-state index contributed by atoms with van der Waals surface area (Å²) in [6, 6.07) is 8.80. The van der Waals surface area contributed by atoms with Crippen LogP contribution in [-0.2, 0) is 29.7 Å². The first kappa shape index (κ1) is 25.5. The number of alkyl halides is 2. The predicted molar refractivity (Wildman–Crippen MR) is 129 cm³/mol. The number of fused-ring (bicyclic) bond motifs is 3. The molecule has 1 N–H and O–H groups in total. The zero-order valence-corrected chi connectivity index (χ0v) is 20.9. The van der Waals surface area contributed by atoms with Crippen LogP contribution in [0.4, 0.5) is 8.78 Å². The Morgan fingerprint density at radius 3 is 2.38 bits per heavy atom. The molecule has 2 fully saturated rings. The topological polar surface area (TPSA) is 90.9 Å². The van der Waals surface area contributed by atoms with E-state index in [0.29, 0.717) is 37.2 Å². The Labute approximate surface area is 213 Å². The molecule has 1 heterocycles. The van der Waals surface area contributed by atoms with E-state index in [1.54, 1.807) is 19.1 Å². The normalized spacial score (nSPS) is 23.4. The molecule has 3 atom stereocenters. The number of aryl methyl sites for hydroxylation is 1. The number of halogens is 2. The predicted octanol–water partition coefficient (Wildman–Crippen LogP) is 3.99. The van der Waals surface area contributed by atoms with Crippen LogP contribution in [0.25, 0.3) is 11.1 Å². The molecule has 0 radical (unpaired) electrons. The van der Waals surface area contributed by atoms with Crippen LogP contribution in [0.2, 0.25) is 0 Å². The molecule has 1 spiro atoms. The molecule has 3 unspecified atom stereocenters. The molecule has 2 aliphatic carbocycles. The van der Waals surface area contributed by atoms with Crippen LogP contribution < -0.4 is 5.32 Å². The maximum atomic E-state index is 14.9. The summed E-state index contributed by atoms with van der Waals surface area (Å²) in [5.41, 5.74) is 1.51. The number of nitrogens with one attached hydrogen (secondary N) is 1. The Balaban J connectivity index is 1.29. The van der Waals surface area contributed by atoms with E-state index in [1.807, 2.05) is 6.92 Å². The van der Waals surface area contributed by atoms with Gasteiger partial charge in [-0.15, -0.1) is 0 Å². The molecule has 3 aliphatic rings. The van der Waals surface area contributed by atoms with Gasteiger partial charge in [0.1, 0.15) is 0 Å². The number of hydrogen-bond acceptors (Lipinski definition) is 6. The van der Waals surface area contributed by atoms with Crippen molar-refractivity contribution in [3.8, 4) is 11.1 Å². The van der Waals surface area contributed by atoms with Crippen molar-refractivity contribution in [1.29, 1.82) is 0 Å². The van der Waals surface area contributed by atoms with E-state index in [9.17, 15) is 23.2 Å². The Morgan fingerprint density at radius 2 is 1.70 bits per heavy atom. The minimum Gasteiger partial charge on any atom is -0.469 e. The lowest BCUT2D eigenvalue weighted by Crippen LogP contribution is -2.37. The zero-order chi connectivity index (χ0) is 26.5. The fourth-order valence-electron chi connectivity index (χ4n) is 5.89. The number of rotatable bonds is 6. The van der Waals surface area contributed by atoms with Crippen LogP contribution in [-0.4, -0.2) is 50.3 Å². The van der Waals surface area contributed by atoms with Gasteiger partial charge < -0.3 is 19.5 Å². The van der Waals surface area contributed by atoms with Crippen LogP contribution in [0, 0.1) is 24.7 Å². The third-order valence-electron chi connectivity index (χ3n) is 7.91. The second-order valence-electron chi connectivity index (χ2n) is 10.1. The molecule has 1 aliphatic heterocycles. The number of esters is 1. The van der Waals surface area contributed by atoms with Crippen LogP contribution >= 0.6 is 0 Å². The van der Waals surface area contributed by atoms with Crippen molar-refractivity contribution >= 4 is 17.7 Å². The molecule has 2 aromatic carbocycles. The maximum Gasteiger partial charge on any atom is 0.309 e. The van der Waals surface area contributed by atoms with E-state index < -0.39 is 35.4 Å². The summed E-state index contributed by atoms with van der Waals surface area (Å²) in [5.74, 6) is -6.72. The van der Waals surface area contributed by atoms with E-state index in [-0.39, 0.29) is 34.9 Å². The van der Waals surface area contributed by atoms with E-state index >= 15 is 0 Å². The van der Waals surface area contributed by atoms with Gasteiger partial charge in [-0.05, 0) is 36.1 Å². The first-order valence-electron chi connectivity index (χ1n) is 12.4. The number of Topliss-reactive ketones (excluding diaryl/α,β-unsaturated/α-hetero) is 1. The fourth-order valence-corrected chi connectivity index (χ4v) is 5.89. The van der Waals surface area contributed by atoms with Gasteiger partial charge in [0.2, 0.25) is 0 Å². The average Bonchev–Trinajstić information content (AvgIpc) is 3.57. The van der Waals surface area contributed by atoms with Crippen molar-refractivity contribution in [3.63, 3.8) is 0 Å². The number of ketones is 1. The number of amides is 1. The highest BCUT2D eigenvalue weighted by molar-refractivity contribution is 5.99. The summed E-state index contributed by atoms with van der Waals surface area (Å²) in [4.78, 5) is 38.4. The maximum absolute atomic E-state index is 14.9. The van der Waals surface area contributed by atoms with Crippen molar-refractivity contribution in [1.82, 2.24) is 5.32 Å². The van der Waals surface area contributed by atoms with E-state index in [0.717, 1.165) is 5.56 Å². The molecule has 5 rings (SSSR count). The molecular formula is C28H29F2NO6. The largest absolute Gasteiger partial charge is 0.469 e. The summed E-state index contributed by atoms with van der Waals surface area (Å²) in [5, 5.41) is 2.61. The second kappa shape index (κ2) is 9.29. The summed E-state index contributed by atoms with van der Waals surface area (Å²) >= 11 is 0. The Kier molecular flexibility index (Phi) is 6.40. The zero-order valence-electron chi connectivity index (χ0n) is 20.9. The molecule has 0 bridgehead atoms. The standard InChI is InChI=1S/C28H29F2NO6/c1-15-4-6-22-18(10-15)19-11-17(5-7-23(19)28(22,29)30)25(33)31-14-24(32)16(2)20-12-27(36-8-9-37-27)13-21(20)26(34)35-3/h4-7,10-11,16,20-21H,8-9,12-14H2,1-3H3,(H,31,33). The number of hydrogen-bond donors (Lipinski definition) is 1. The minimum absolute atomic E-state index is 0.0839. The second-order valence-corrected chi connectivity index (χ2v) is 10.1. The molecule has 37 heavy (non-hydrogen) atoms. The van der Waals surface area contributed by atoms with Crippen LogP contribution in [0.3, 0.4) is 0 Å². The van der Waals surface area contributed by atoms with E-state index in [4.69, 9.17) is 14.2 Å². The summed E-state index contributed by atoms with van der Waals surface area (Å²) in [6.45, 7) is 4.13. The van der Waals surface area contributed by atoms with Gasteiger partial charge in [-0.1, -0.05) is 36.8 Å². The molecule has 0 aromatic heterocycles. The summed E-state index contributed by atoms with van der Waals surface area (Å²) in [7, 11) is 1.31. The molecule has 2 aromatic rings. The van der Waals surface area contributed by atoms with E-state index in [1.165, 1.54) is 31.4 Å². The van der Waals surface area contributed by atoms with Crippen LogP contribution in [0.5, 0.6) is 0 Å². The molecule has 1 amide bonds. The van der Waals surface area contributed by atoms with Crippen molar-refractivity contribution in [2.24, 2.45) is 17.8 Å². The van der Waals surface area contributed by atoms with Crippen LogP contribution in [0.15, 0.2) is 36.4 Å². The first-order chi connectivity index (χ1) is 17.6. The molecule has 1 saturated heterocycles. The number of carbonyl (C=O) groups is 3. The number of carbonyl (C=O) groups excluding carboxylic acids is 3. The van der Waals surface area contributed by atoms with Crippen molar-refractivity contribution in [2.45, 2.75) is 38.4 Å². The van der Waals surface area contributed by atoms with Crippen LogP contribution in [0.1, 0.15) is 46.8 Å². The SMILES string of the molecule is COC(=O)C1CC2(CC1C(C)C(=O)CNC(=O)c1ccc3c(c1)-c1cc(C)ccc1C3(F)F)OCCO2. The third-order valence-corrected chi connectivity index (χ3v) is 7.91. The first-order valence-corrected chi connectivity index (χ1v) is 12.4. The molecular weight excluding hydrogens is 484 g/mol. The Morgan fingerprint density at radius 1 is 1.05 bits per heavy atom. The van der Waals surface area contributed by atoms with Gasteiger partial charge >= 0.3 is 5.97 Å². The van der Waals surface area contributed by atoms with E-state index in [2.05, 4.69) is 5.32 Å². The Bertz CT molecular complexity index is 1270. The molecule has 1 saturated carbocycles. The quantitative estimate of drug-likeness (QED) is 0.588. The third kappa shape index (κ3) is 4.34. The van der Waals surface area contributed by atoms with Crippen molar-refractivity contribution in [2.75, 3.05) is 26.9 Å². The molecule has 7 nitrogen and oxygen atoms in total. The van der Waals surface area contributed by atoms with Gasteiger partial charge in [-0.25, -0.2) is 0 Å². The fraction of sp³-hybridized carbons (Fsp3) is 0.464. The lowest BCUT2D eigenvalue weighted by Gasteiger charge is -2.24. The highest BCUT2D eigenvalue weighted by atomic mass is 19.3. The lowest BCUT2D eigenvalue weighted by atomic mass is 9.82. The van der Waals surface area contributed by atoms with Gasteiger partial charge in [0, 0.05) is 35.4 Å².